The Kier molecular flexibility index (Phi) is 5.45. The summed E-state index contributed by atoms with van der Waals surface area (Å²) in [6.45, 7) is 0. The summed E-state index contributed by atoms with van der Waals surface area (Å²) in [5.41, 5.74) is 0. The van der Waals surface area contributed by atoms with Crippen LogP contribution in [0.15, 0.2) is 11.6 Å². The van der Waals surface area contributed by atoms with E-state index in [1.807, 2.05) is 0 Å². The zero-order valence-electron chi connectivity index (χ0n) is 5.15. The van der Waals surface area contributed by atoms with Crippen LogP contribution >= 0.6 is 50.6 Å². The van der Waals surface area contributed by atoms with Crippen LogP contribution in [0.4, 0.5) is 0 Å². The predicted molar refractivity (Wildman–Crippen MR) is 50.3 cm³/mol. The van der Waals surface area contributed by atoms with Gasteiger partial charge in [0, 0.05) is 0 Å². The van der Waals surface area contributed by atoms with Crippen molar-refractivity contribution in [2.45, 2.75) is 0 Å². The number of hydrogen-bond donors (Lipinski definition) is 0. The summed E-state index contributed by atoms with van der Waals surface area (Å²) in [5.74, 6) is 0.193. The van der Waals surface area contributed by atoms with Crippen molar-refractivity contribution in [2.75, 3.05) is 13.0 Å². The molecule has 0 aliphatic rings. The fraction of sp³-hybridized carbons (Fsp3) is 0.500. The summed E-state index contributed by atoms with van der Waals surface area (Å²) in [6, 6.07) is 0. The first-order chi connectivity index (χ1) is 4.52. The van der Waals surface area contributed by atoms with Crippen LogP contribution in [-0.4, -0.2) is 13.0 Å². The molecule has 0 amide bonds. The Bertz CT molecular complexity index is 130. The van der Waals surface area contributed by atoms with E-state index in [0.717, 1.165) is 0 Å². The van der Waals surface area contributed by atoms with Crippen LogP contribution in [0.5, 0.6) is 0 Å². The van der Waals surface area contributed by atoms with Gasteiger partial charge in [-0.25, -0.2) is 0 Å². The molecule has 0 atom stereocenters. The molecule has 60 valence electrons. The lowest BCUT2D eigenvalue weighted by Crippen LogP contribution is -1.81. The maximum absolute atomic E-state index is 5.59. The minimum absolute atomic E-state index is 0.193. The van der Waals surface area contributed by atoms with Crippen molar-refractivity contribution in [1.29, 1.82) is 0 Å². The zero-order valence-corrected chi connectivity index (χ0v) is 9.07. The number of methoxy groups -OCH3 is 1. The Hall–Kier alpha value is 1.13. The third-order valence-electron chi connectivity index (χ3n) is 0.716. The van der Waals surface area contributed by atoms with E-state index >= 15 is 0 Å². The van der Waals surface area contributed by atoms with Gasteiger partial charge in [-0.2, -0.15) is 0 Å². The van der Waals surface area contributed by atoms with Gasteiger partial charge in [0.2, 0.25) is 0 Å². The van der Waals surface area contributed by atoms with Gasteiger partial charge in [-0.3, -0.25) is 0 Å². The van der Waals surface area contributed by atoms with Crippen molar-refractivity contribution < 1.29 is 4.74 Å². The van der Waals surface area contributed by atoms with Crippen molar-refractivity contribution in [3.05, 3.63) is 11.6 Å². The highest BCUT2D eigenvalue weighted by Gasteiger charge is 2.39. The third-order valence-corrected chi connectivity index (χ3v) is 4.06. The molecular weight excluding hydrogens is 237 g/mol. The molecule has 0 fully saturated rings. The molecule has 0 aromatic carbocycles. The van der Waals surface area contributed by atoms with Crippen LogP contribution in [0.1, 0.15) is 0 Å². The number of halogens is 4. The normalized spacial score (nSPS) is 13.5. The Labute approximate surface area is 79.9 Å². The van der Waals surface area contributed by atoms with E-state index in [1.54, 1.807) is 0 Å². The molecule has 0 rings (SSSR count). The SMILES string of the molecule is CO/C=C(/CCl)[P+](Cl)(Cl)Cl. The maximum Gasteiger partial charge on any atom is 0.339 e. The van der Waals surface area contributed by atoms with Gasteiger partial charge in [0.1, 0.15) is 40.0 Å². The second-order valence-electron chi connectivity index (χ2n) is 1.42. The highest BCUT2D eigenvalue weighted by molar-refractivity contribution is 8.35. The molecule has 0 spiro atoms. The maximum atomic E-state index is 5.59. The van der Waals surface area contributed by atoms with E-state index < -0.39 is 5.32 Å². The van der Waals surface area contributed by atoms with E-state index in [4.69, 9.17) is 45.3 Å². The topological polar surface area (TPSA) is 9.23 Å². The largest absolute Gasteiger partial charge is 0.500 e. The van der Waals surface area contributed by atoms with Gasteiger partial charge in [0.25, 0.3) is 0 Å². The van der Waals surface area contributed by atoms with Crippen molar-refractivity contribution in [3.8, 4) is 0 Å². The van der Waals surface area contributed by atoms with Gasteiger partial charge in [0.05, 0.1) is 13.0 Å². The first kappa shape index (κ1) is 11.1. The van der Waals surface area contributed by atoms with E-state index in [0.29, 0.717) is 5.31 Å². The molecule has 10 heavy (non-hydrogen) atoms. The van der Waals surface area contributed by atoms with E-state index in [-0.39, 0.29) is 5.88 Å². The number of rotatable bonds is 3. The van der Waals surface area contributed by atoms with Gasteiger partial charge in [-0.05, 0) is 0 Å². The third kappa shape index (κ3) is 4.10. The highest BCUT2D eigenvalue weighted by Crippen LogP contribution is 2.79. The van der Waals surface area contributed by atoms with Crippen molar-refractivity contribution >= 4 is 50.6 Å². The first-order valence-electron chi connectivity index (χ1n) is 2.28. The molecular formula is C4H6Cl4OP+. The number of alkyl halides is 1. The summed E-state index contributed by atoms with van der Waals surface area (Å²) in [7, 11) is 1.48. The Balaban J connectivity index is 4.21. The molecule has 0 heterocycles. The first-order valence-corrected chi connectivity index (χ1v) is 7.32. The Morgan fingerprint density at radius 1 is 1.50 bits per heavy atom. The standard InChI is InChI=1S/C4H6Cl4OP/c1-9-3-4(2-5)10(6,7)8/h3H,2H2,1H3/q+1/b4-3-. The molecule has 0 aliphatic carbocycles. The minimum atomic E-state index is -2.52. The van der Waals surface area contributed by atoms with Crippen molar-refractivity contribution in [2.24, 2.45) is 0 Å². The second-order valence-corrected chi connectivity index (χ2v) is 9.28. The van der Waals surface area contributed by atoms with E-state index in [2.05, 4.69) is 4.74 Å². The lowest BCUT2D eigenvalue weighted by molar-refractivity contribution is 0.336. The van der Waals surface area contributed by atoms with Gasteiger partial charge >= 0.3 is 5.32 Å². The molecule has 6 heteroatoms. The summed E-state index contributed by atoms with van der Waals surface area (Å²) in [4.78, 5) is 0. The average molecular weight is 243 g/mol. The number of ether oxygens (including phenoxy) is 1. The average Bonchev–Trinajstić information content (AvgIpc) is 1.80. The smallest absolute Gasteiger partial charge is 0.339 e. The van der Waals surface area contributed by atoms with Gasteiger partial charge in [-0.15, -0.1) is 11.6 Å². The van der Waals surface area contributed by atoms with Crippen LogP contribution < -0.4 is 0 Å². The lowest BCUT2D eigenvalue weighted by atomic mass is 10.7. The molecule has 0 saturated heterocycles. The van der Waals surface area contributed by atoms with Gasteiger partial charge < -0.3 is 4.74 Å². The quantitative estimate of drug-likeness (QED) is 0.410. The van der Waals surface area contributed by atoms with E-state index in [1.165, 1.54) is 13.4 Å². The monoisotopic (exact) mass is 241 g/mol. The molecule has 0 radical (unpaired) electrons. The molecule has 0 N–H and O–H groups in total. The van der Waals surface area contributed by atoms with Crippen molar-refractivity contribution in [1.82, 2.24) is 0 Å². The van der Waals surface area contributed by atoms with Crippen LogP contribution in [0.25, 0.3) is 0 Å². The molecule has 0 aliphatic heterocycles. The van der Waals surface area contributed by atoms with Crippen LogP contribution in [-0.2, 0) is 4.74 Å². The van der Waals surface area contributed by atoms with Crippen LogP contribution in [0.2, 0.25) is 0 Å². The Morgan fingerprint density at radius 2 is 2.00 bits per heavy atom. The molecule has 0 bridgehead atoms. The summed E-state index contributed by atoms with van der Waals surface area (Å²) in [5, 5.41) is -1.99. The van der Waals surface area contributed by atoms with Crippen LogP contribution in [0, 0.1) is 0 Å². The Morgan fingerprint density at radius 3 is 2.10 bits per heavy atom. The second kappa shape index (κ2) is 4.90. The fourth-order valence-electron chi connectivity index (χ4n) is 0.295. The number of hydrogen-bond acceptors (Lipinski definition) is 1. The predicted octanol–water partition coefficient (Wildman–Crippen LogP) is 4.19. The molecule has 1 nitrogen and oxygen atoms in total. The minimum Gasteiger partial charge on any atom is -0.500 e. The van der Waals surface area contributed by atoms with Gasteiger partial charge in [0.15, 0.2) is 5.31 Å². The van der Waals surface area contributed by atoms with Gasteiger partial charge in [-0.1, -0.05) is 0 Å². The molecule has 0 aromatic rings. The van der Waals surface area contributed by atoms with Crippen LogP contribution in [0.3, 0.4) is 0 Å². The van der Waals surface area contributed by atoms with E-state index in [9.17, 15) is 0 Å². The fourth-order valence-corrected chi connectivity index (χ4v) is 2.70. The summed E-state index contributed by atoms with van der Waals surface area (Å²) in [6.07, 6.45) is 1.37. The molecule has 0 saturated carbocycles. The summed E-state index contributed by atoms with van der Waals surface area (Å²) >= 11 is 22.2. The molecule has 0 aromatic heterocycles. The summed E-state index contributed by atoms with van der Waals surface area (Å²) < 4.78 is 4.65. The lowest BCUT2D eigenvalue weighted by Gasteiger charge is -1.99. The highest BCUT2D eigenvalue weighted by atomic mass is 36.1. The van der Waals surface area contributed by atoms with Crippen molar-refractivity contribution in [3.63, 3.8) is 0 Å². The molecule has 0 unspecified atom stereocenters. The number of allylic oxidation sites excluding steroid dienone is 1. The zero-order chi connectivity index (χ0) is 8.20.